The summed E-state index contributed by atoms with van der Waals surface area (Å²) in [5.74, 6) is 0.931. The molecule has 0 heterocycles. The van der Waals surface area contributed by atoms with Gasteiger partial charge in [-0.25, -0.2) is 0 Å². The lowest BCUT2D eigenvalue weighted by molar-refractivity contribution is 0.0179. The van der Waals surface area contributed by atoms with Gasteiger partial charge in [-0.3, -0.25) is 0 Å². The highest BCUT2D eigenvalue weighted by atomic mass is 16.5. The highest BCUT2D eigenvalue weighted by Gasteiger charge is 2.17. The first-order chi connectivity index (χ1) is 8.33. The van der Waals surface area contributed by atoms with E-state index in [1.54, 1.807) is 0 Å². The first-order valence-corrected chi connectivity index (χ1v) is 7.65. The summed E-state index contributed by atoms with van der Waals surface area (Å²) in [6.45, 7) is 7.79. The fourth-order valence-electron chi connectivity index (χ4n) is 2.53. The molecule has 0 aromatic carbocycles. The normalized spacial score (nSPS) is 25.1. The van der Waals surface area contributed by atoms with Gasteiger partial charge in [0.1, 0.15) is 0 Å². The molecule has 0 bridgehead atoms. The third-order valence-corrected chi connectivity index (χ3v) is 3.81. The van der Waals surface area contributed by atoms with Gasteiger partial charge in [0, 0.05) is 6.61 Å². The Kier molecular flexibility index (Phi) is 8.72. The molecule has 0 aromatic heterocycles. The fourth-order valence-corrected chi connectivity index (χ4v) is 2.53. The minimum atomic E-state index is 0.577. The Morgan fingerprint density at radius 1 is 1.00 bits per heavy atom. The molecule has 0 amide bonds. The van der Waals surface area contributed by atoms with Crippen LogP contribution in [-0.4, -0.2) is 25.8 Å². The Morgan fingerprint density at radius 2 is 1.71 bits per heavy atom. The molecule has 1 rings (SSSR count). The van der Waals surface area contributed by atoms with Crippen LogP contribution in [0.4, 0.5) is 0 Å². The third kappa shape index (κ3) is 7.77. The number of ether oxygens (including phenoxy) is 1. The standard InChI is InChI=1S/C15H31NO/c1-3-16-12-6-4-5-7-13-17-15-10-8-14(2)9-11-15/h14-16H,3-13H2,1-2H3. The molecule has 2 heteroatoms. The van der Waals surface area contributed by atoms with Crippen molar-refractivity contribution < 1.29 is 4.74 Å². The van der Waals surface area contributed by atoms with Crippen molar-refractivity contribution in [2.45, 2.75) is 71.3 Å². The molecular formula is C15H31NO. The van der Waals surface area contributed by atoms with E-state index in [0.717, 1.165) is 19.1 Å². The molecule has 1 fully saturated rings. The van der Waals surface area contributed by atoms with E-state index in [4.69, 9.17) is 4.74 Å². The Morgan fingerprint density at radius 3 is 2.41 bits per heavy atom. The summed E-state index contributed by atoms with van der Waals surface area (Å²) >= 11 is 0. The lowest BCUT2D eigenvalue weighted by Crippen LogP contribution is -2.20. The number of rotatable bonds is 9. The van der Waals surface area contributed by atoms with E-state index in [1.807, 2.05) is 0 Å². The monoisotopic (exact) mass is 241 g/mol. The van der Waals surface area contributed by atoms with E-state index in [2.05, 4.69) is 19.2 Å². The minimum absolute atomic E-state index is 0.577. The Hall–Kier alpha value is -0.0800. The molecule has 0 radical (unpaired) electrons. The molecule has 0 atom stereocenters. The largest absolute Gasteiger partial charge is 0.378 e. The van der Waals surface area contributed by atoms with E-state index in [-0.39, 0.29) is 0 Å². The molecule has 0 unspecified atom stereocenters. The van der Waals surface area contributed by atoms with E-state index in [0.29, 0.717) is 6.10 Å². The van der Waals surface area contributed by atoms with Crippen molar-refractivity contribution in [3.05, 3.63) is 0 Å². The van der Waals surface area contributed by atoms with Crippen LogP contribution in [0, 0.1) is 5.92 Å². The predicted octanol–water partition coefficient (Wildman–Crippen LogP) is 3.75. The zero-order valence-corrected chi connectivity index (χ0v) is 11.8. The van der Waals surface area contributed by atoms with Gasteiger partial charge in [0.25, 0.3) is 0 Å². The summed E-state index contributed by atoms with van der Waals surface area (Å²) < 4.78 is 5.94. The van der Waals surface area contributed by atoms with Gasteiger partial charge in [-0.2, -0.15) is 0 Å². The summed E-state index contributed by atoms with van der Waals surface area (Å²) in [4.78, 5) is 0. The van der Waals surface area contributed by atoms with Gasteiger partial charge in [0.2, 0.25) is 0 Å². The second-order valence-corrected chi connectivity index (χ2v) is 5.52. The van der Waals surface area contributed by atoms with Gasteiger partial charge in [-0.05, 0) is 57.5 Å². The summed E-state index contributed by atoms with van der Waals surface area (Å²) in [7, 11) is 0. The number of hydrogen-bond acceptors (Lipinski definition) is 2. The molecule has 0 saturated heterocycles. The van der Waals surface area contributed by atoms with E-state index in [9.17, 15) is 0 Å². The van der Waals surface area contributed by atoms with Crippen LogP contribution in [0.5, 0.6) is 0 Å². The quantitative estimate of drug-likeness (QED) is 0.621. The smallest absolute Gasteiger partial charge is 0.0575 e. The summed E-state index contributed by atoms with van der Waals surface area (Å²) in [5.41, 5.74) is 0. The first-order valence-electron chi connectivity index (χ1n) is 7.65. The molecule has 0 spiro atoms. The van der Waals surface area contributed by atoms with Crippen LogP contribution in [0.1, 0.15) is 65.2 Å². The molecule has 1 saturated carbocycles. The zero-order chi connectivity index (χ0) is 12.3. The van der Waals surface area contributed by atoms with Crippen molar-refractivity contribution in [2.24, 2.45) is 5.92 Å². The summed E-state index contributed by atoms with van der Waals surface area (Å²) in [6, 6.07) is 0. The van der Waals surface area contributed by atoms with Gasteiger partial charge < -0.3 is 10.1 Å². The predicted molar refractivity (Wildman–Crippen MR) is 74.4 cm³/mol. The molecule has 1 N–H and O–H groups in total. The van der Waals surface area contributed by atoms with Crippen molar-refractivity contribution in [1.82, 2.24) is 5.32 Å². The van der Waals surface area contributed by atoms with Crippen LogP contribution in [0.2, 0.25) is 0 Å². The van der Waals surface area contributed by atoms with Crippen LogP contribution >= 0.6 is 0 Å². The fraction of sp³-hybridized carbons (Fsp3) is 1.00. The van der Waals surface area contributed by atoms with Crippen molar-refractivity contribution >= 4 is 0 Å². The Labute approximate surface area is 108 Å². The highest BCUT2D eigenvalue weighted by molar-refractivity contribution is 4.69. The second kappa shape index (κ2) is 9.90. The van der Waals surface area contributed by atoms with Gasteiger partial charge in [0.15, 0.2) is 0 Å². The number of hydrogen-bond donors (Lipinski definition) is 1. The van der Waals surface area contributed by atoms with E-state index >= 15 is 0 Å². The second-order valence-electron chi connectivity index (χ2n) is 5.52. The van der Waals surface area contributed by atoms with Crippen molar-refractivity contribution in [1.29, 1.82) is 0 Å². The molecule has 2 nitrogen and oxygen atoms in total. The topological polar surface area (TPSA) is 21.3 Å². The van der Waals surface area contributed by atoms with Crippen LogP contribution in [-0.2, 0) is 4.74 Å². The summed E-state index contributed by atoms with van der Waals surface area (Å²) in [6.07, 6.45) is 11.1. The van der Waals surface area contributed by atoms with Crippen LogP contribution in [0.3, 0.4) is 0 Å². The SMILES string of the molecule is CCNCCCCCCOC1CCC(C)CC1. The van der Waals surface area contributed by atoms with Gasteiger partial charge in [-0.1, -0.05) is 26.7 Å². The molecule has 0 aliphatic heterocycles. The third-order valence-electron chi connectivity index (χ3n) is 3.81. The number of nitrogens with one attached hydrogen (secondary N) is 1. The molecule has 0 aromatic rings. The van der Waals surface area contributed by atoms with Crippen LogP contribution in [0.25, 0.3) is 0 Å². The molecule has 17 heavy (non-hydrogen) atoms. The van der Waals surface area contributed by atoms with E-state index < -0.39 is 0 Å². The van der Waals surface area contributed by atoms with Crippen molar-refractivity contribution in [3.8, 4) is 0 Å². The molecule has 1 aliphatic carbocycles. The minimum Gasteiger partial charge on any atom is -0.378 e. The van der Waals surface area contributed by atoms with Gasteiger partial charge in [-0.15, -0.1) is 0 Å². The first kappa shape index (κ1) is 15.0. The highest BCUT2D eigenvalue weighted by Crippen LogP contribution is 2.25. The molecule has 1 aliphatic rings. The number of unbranched alkanes of at least 4 members (excludes halogenated alkanes) is 3. The average molecular weight is 241 g/mol. The Bertz CT molecular complexity index is 164. The van der Waals surface area contributed by atoms with E-state index in [1.165, 1.54) is 57.9 Å². The van der Waals surface area contributed by atoms with Crippen molar-refractivity contribution in [3.63, 3.8) is 0 Å². The maximum atomic E-state index is 5.94. The van der Waals surface area contributed by atoms with Crippen LogP contribution in [0.15, 0.2) is 0 Å². The lowest BCUT2D eigenvalue weighted by Gasteiger charge is -2.26. The zero-order valence-electron chi connectivity index (χ0n) is 11.8. The van der Waals surface area contributed by atoms with Crippen molar-refractivity contribution in [2.75, 3.05) is 19.7 Å². The van der Waals surface area contributed by atoms with Crippen LogP contribution < -0.4 is 5.32 Å². The maximum absolute atomic E-state index is 5.94. The lowest BCUT2D eigenvalue weighted by atomic mass is 9.89. The Balaban J connectivity index is 1.81. The summed E-state index contributed by atoms with van der Waals surface area (Å²) in [5, 5.41) is 3.36. The molecule has 102 valence electrons. The average Bonchev–Trinajstić information content (AvgIpc) is 2.35. The van der Waals surface area contributed by atoms with Gasteiger partial charge in [0.05, 0.1) is 6.10 Å². The maximum Gasteiger partial charge on any atom is 0.0575 e. The molecular weight excluding hydrogens is 210 g/mol. The van der Waals surface area contributed by atoms with Gasteiger partial charge >= 0.3 is 0 Å².